The number of rotatable bonds is 5. The molecule has 5 heteroatoms. The highest BCUT2D eigenvalue weighted by Crippen LogP contribution is 2.07. The summed E-state index contributed by atoms with van der Waals surface area (Å²) >= 11 is 0. The number of carbonyl (C=O) groups is 2. The quantitative estimate of drug-likeness (QED) is 0.719. The largest absolute Gasteiger partial charge is 0.355 e. The van der Waals surface area contributed by atoms with Crippen LogP contribution < -0.4 is 16.0 Å². The Morgan fingerprint density at radius 1 is 1.37 bits per heavy atom. The maximum atomic E-state index is 11.4. The second kappa shape index (κ2) is 6.33. The van der Waals surface area contributed by atoms with Crippen molar-refractivity contribution in [3.05, 3.63) is 35.4 Å². The van der Waals surface area contributed by atoms with Gasteiger partial charge in [-0.15, -0.1) is 0 Å². The van der Waals surface area contributed by atoms with Crippen LogP contribution in [-0.4, -0.2) is 31.4 Å². The van der Waals surface area contributed by atoms with Gasteiger partial charge < -0.3 is 16.0 Å². The van der Waals surface area contributed by atoms with E-state index in [0.717, 1.165) is 25.1 Å². The van der Waals surface area contributed by atoms with Gasteiger partial charge in [0.15, 0.2) is 0 Å². The normalized spacial score (nSPS) is 18.2. The first-order chi connectivity index (χ1) is 9.19. The van der Waals surface area contributed by atoms with E-state index in [1.54, 1.807) is 7.05 Å². The Bertz CT molecular complexity index is 456. The highest BCUT2D eigenvalue weighted by atomic mass is 16.2. The van der Waals surface area contributed by atoms with E-state index in [0.29, 0.717) is 12.0 Å². The number of hydrogen-bond acceptors (Lipinski definition) is 3. The van der Waals surface area contributed by atoms with Crippen LogP contribution in [0.4, 0.5) is 0 Å². The smallest absolute Gasteiger partial charge is 0.251 e. The molecule has 1 fully saturated rings. The van der Waals surface area contributed by atoms with Gasteiger partial charge in [0.05, 0.1) is 0 Å². The molecule has 0 saturated carbocycles. The summed E-state index contributed by atoms with van der Waals surface area (Å²) < 4.78 is 0. The second-order valence-electron chi connectivity index (χ2n) is 4.71. The van der Waals surface area contributed by atoms with Crippen molar-refractivity contribution >= 4 is 11.8 Å². The molecule has 2 rings (SSSR count). The maximum Gasteiger partial charge on any atom is 0.251 e. The summed E-state index contributed by atoms with van der Waals surface area (Å²) in [6.07, 6.45) is 1.54. The molecule has 1 atom stereocenters. The van der Waals surface area contributed by atoms with Crippen molar-refractivity contribution in [3.63, 3.8) is 0 Å². The van der Waals surface area contributed by atoms with E-state index in [1.807, 2.05) is 24.3 Å². The predicted molar refractivity (Wildman–Crippen MR) is 72.7 cm³/mol. The van der Waals surface area contributed by atoms with Gasteiger partial charge in [0.2, 0.25) is 5.91 Å². The first-order valence-corrected chi connectivity index (χ1v) is 6.50. The summed E-state index contributed by atoms with van der Waals surface area (Å²) in [5.74, 6) is 0.0647. The average molecular weight is 261 g/mol. The topological polar surface area (TPSA) is 70.2 Å². The van der Waals surface area contributed by atoms with Crippen molar-refractivity contribution in [1.82, 2.24) is 16.0 Å². The molecule has 1 aromatic carbocycles. The van der Waals surface area contributed by atoms with Gasteiger partial charge in [0.25, 0.3) is 5.91 Å². The van der Waals surface area contributed by atoms with Crippen LogP contribution in [0.2, 0.25) is 0 Å². The van der Waals surface area contributed by atoms with E-state index < -0.39 is 0 Å². The van der Waals surface area contributed by atoms with Crippen LogP contribution in [-0.2, 0) is 11.3 Å². The molecule has 3 N–H and O–H groups in total. The van der Waals surface area contributed by atoms with Gasteiger partial charge in [-0.3, -0.25) is 9.59 Å². The Hall–Kier alpha value is -1.88. The molecule has 1 unspecified atom stereocenters. The molecule has 0 aliphatic carbocycles. The Morgan fingerprint density at radius 2 is 2.11 bits per heavy atom. The Balaban J connectivity index is 1.77. The molecule has 1 aromatic rings. The number of nitrogens with one attached hydrogen (secondary N) is 3. The van der Waals surface area contributed by atoms with Crippen molar-refractivity contribution in [2.75, 3.05) is 13.6 Å². The highest BCUT2D eigenvalue weighted by Gasteiger charge is 2.19. The summed E-state index contributed by atoms with van der Waals surface area (Å²) in [7, 11) is 1.62. The lowest BCUT2D eigenvalue weighted by Crippen LogP contribution is -2.35. The lowest BCUT2D eigenvalue weighted by atomic mass is 10.1. The molecule has 0 bridgehead atoms. The van der Waals surface area contributed by atoms with Gasteiger partial charge in [0, 0.05) is 38.2 Å². The van der Waals surface area contributed by atoms with Gasteiger partial charge in [-0.1, -0.05) is 12.1 Å². The first-order valence-electron chi connectivity index (χ1n) is 6.50. The minimum atomic E-state index is -0.0758. The molecule has 5 nitrogen and oxygen atoms in total. The first kappa shape index (κ1) is 13.5. The van der Waals surface area contributed by atoms with Crippen LogP contribution in [0.3, 0.4) is 0 Å². The molecule has 1 heterocycles. The van der Waals surface area contributed by atoms with Crippen LogP contribution in [0, 0.1) is 0 Å². The van der Waals surface area contributed by atoms with E-state index >= 15 is 0 Å². The SMILES string of the molecule is CNC(=O)c1ccc(CNCC2CCC(=O)N2)cc1. The molecular weight excluding hydrogens is 242 g/mol. The maximum absolute atomic E-state index is 11.4. The van der Waals surface area contributed by atoms with E-state index in [2.05, 4.69) is 16.0 Å². The van der Waals surface area contributed by atoms with Crippen LogP contribution in [0.25, 0.3) is 0 Å². The zero-order chi connectivity index (χ0) is 13.7. The average Bonchev–Trinajstić information content (AvgIpc) is 2.84. The van der Waals surface area contributed by atoms with Crippen molar-refractivity contribution in [3.8, 4) is 0 Å². The molecule has 1 aliphatic heterocycles. The van der Waals surface area contributed by atoms with E-state index in [-0.39, 0.29) is 17.9 Å². The van der Waals surface area contributed by atoms with Crippen LogP contribution in [0.1, 0.15) is 28.8 Å². The van der Waals surface area contributed by atoms with E-state index in [4.69, 9.17) is 0 Å². The van der Waals surface area contributed by atoms with Gasteiger partial charge in [0.1, 0.15) is 0 Å². The third-order valence-electron chi connectivity index (χ3n) is 3.25. The third-order valence-corrected chi connectivity index (χ3v) is 3.25. The summed E-state index contributed by atoms with van der Waals surface area (Å²) in [5.41, 5.74) is 1.78. The predicted octanol–water partition coefficient (Wildman–Crippen LogP) is 0.414. The zero-order valence-electron chi connectivity index (χ0n) is 11.0. The van der Waals surface area contributed by atoms with Crippen molar-refractivity contribution < 1.29 is 9.59 Å². The molecule has 0 spiro atoms. The van der Waals surface area contributed by atoms with Gasteiger partial charge >= 0.3 is 0 Å². The summed E-state index contributed by atoms with van der Waals surface area (Å²) in [6.45, 7) is 1.52. The Morgan fingerprint density at radius 3 is 2.68 bits per heavy atom. The van der Waals surface area contributed by atoms with Gasteiger partial charge in [-0.2, -0.15) is 0 Å². The molecule has 0 radical (unpaired) electrons. The summed E-state index contributed by atoms with van der Waals surface area (Å²) in [4.78, 5) is 22.4. The van der Waals surface area contributed by atoms with Crippen LogP contribution >= 0.6 is 0 Å². The third kappa shape index (κ3) is 3.79. The Kier molecular flexibility index (Phi) is 4.52. The molecule has 2 amide bonds. The minimum Gasteiger partial charge on any atom is -0.355 e. The lowest BCUT2D eigenvalue weighted by Gasteiger charge is -2.11. The monoisotopic (exact) mass is 261 g/mol. The lowest BCUT2D eigenvalue weighted by molar-refractivity contribution is -0.119. The van der Waals surface area contributed by atoms with E-state index in [9.17, 15) is 9.59 Å². The molecule has 19 heavy (non-hydrogen) atoms. The minimum absolute atomic E-state index is 0.0758. The fraction of sp³-hybridized carbons (Fsp3) is 0.429. The molecule has 1 saturated heterocycles. The number of hydrogen-bond donors (Lipinski definition) is 3. The number of carbonyl (C=O) groups excluding carboxylic acids is 2. The molecule has 0 aromatic heterocycles. The highest BCUT2D eigenvalue weighted by molar-refractivity contribution is 5.93. The number of benzene rings is 1. The van der Waals surface area contributed by atoms with Crippen LogP contribution in [0.15, 0.2) is 24.3 Å². The Labute approximate surface area is 112 Å². The molecule has 1 aliphatic rings. The van der Waals surface area contributed by atoms with Crippen molar-refractivity contribution in [1.29, 1.82) is 0 Å². The van der Waals surface area contributed by atoms with E-state index in [1.165, 1.54) is 0 Å². The van der Waals surface area contributed by atoms with Gasteiger partial charge in [-0.05, 0) is 24.1 Å². The van der Waals surface area contributed by atoms with Crippen molar-refractivity contribution in [2.45, 2.75) is 25.4 Å². The fourth-order valence-corrected chi connectivity index (χ4v) is 2.14. The zero-order valence-corrected chi connectivity index (χ0v) is 11.0. The fourth-order valence-electron chi connectivity index (χ4n) is 2.14. The second-order valence-corrected chi connectivity index (χ2v) is 4.71. The van der Waals surface area contributed by atoms with Gasteiger partial charge in [-0.25, -0.2) is 0 Å². The van der Waals surface area contributed by atoms with Crippen LogP contribution in [0.5, 0.6) is 0 Å². The standard InChI is InChI=1S/C14H19N3O2/c1-15-14(19)11-4-2-10(3-5-11)8-16-9-12-6-7-13(18)17-12/h2-5,12,16H,6-9H2,1H3,(H,15,19)(H,17,18). The molecular formula is C14H19N3O2. The summed E-state index contributed by atoms with van der Waals surface area (Å²) in [5, 5.41) is 8.82. The number of amides is 2. The van der Waals surface area contributed by atoms with Crippen molar-refractivity contribution in [2.24, 2.45) is 0 Å². The molecule has 102 valence electrons. The summed E-state index contributed by atoms with van der Waals surface area (Å²) in [6, 6.07) is 7.74.